The van der Waals surface area contributed by atoms with E-state index in [1.54, 1.807) is 6.07 Å². The predicted molar refractivity (Wildman–Crippen MR) is 41.0 cm³/mol. The standard InChI is InChI=1S/C7H7O3S/c1-9-6(8)5-3-4-11-7(5)10-2/h3H,1-2H3. The monoisotopic (exact) mass is 171 g/mol. The van der Waals surface area contributed by atoms with Crippen LogP contribution in [0.3, 0.4) is 0 Å². The number of hydrogen-bond donors (Lipinski definition) is 0. The molecule has 0 atom stereocenters. The average molecular weight is 171 g/mol. The molecule has 1 aromatic heterocycles. The van der Waals surface area contributed by atoms with E-state index in [0.717, 1.165) is 0 Å². The molecule has 0 aliphatic carbocycles. The van der Waals surface area contributed by atoms with Crippen molar-refractivity contribution in [2.45, 2.75) is 0 Å². The van der Waals surface area contributed by atoms with Gasteiger partial charge in [-0.15, -0.1) is 0 Å². The van der Waals surface area contributed by atoms with Crippen LogP contribution in [0.15, 0.2) is 6.07 Å². The predicted octanol–water partition coefficient (Wildman–Crippen LogP) is 1.34. The Bertz CT molecular complexity index is 254. The Labute approximate surface area is 68.6 Å². The summed E-state index contributed by atoms with van der Waals surface area (Å²) in [6.07, 6.45) is 0. The molecule has 1 aromatic rings. The summed E-state index contributed by atoms with van der Waals surface area (Å²) in [4.78, 5) is 10.9. The van der Waals surface area contributed by atoms with Gasteiger partial charge < -0.3 is 9.47 Å². The van der Waals surface area contributed by atoms with Crippen LogP contribution in [0.25, 0.3) is 0 Å². The first-order chi connectivity index (χ1) is 5.29. The summed E-state index contributed by atoms with van der Waals surface area (Å²) in [7, 11) is 2.84. The van der Waals surface area contributed by atoms with E-state index in [0.29, 0.717) is 10.6 Å². The van der Waals surface area contributed by atoms with Crippen LogP contribution in [0.5, 0.6) is 5.06 Å². The van der Waals surface area contributed by atoms with Gasteiger partial charge in [-0.3, -0.25) is 0 Å². The highest BCUT2D eigenvalue weighted by Gasteiger charge is 2.12. The molecule has 0 bridgehead atoms. The van der Waals surface area contributed by atoms with Crippen molar-refractivity contribution in [2.75, 3.05) is 14.2 Å². The smallest absolute Gasteiger partial charge is 0.342 e. The molecule has 0 amide bonds. The molecular formula is C7H7O3S. The first-order valence-corrected chi connectivity index (χ1v) is 3.73. The van der Waals surface area contributed by atoms with Crippen molar-refractivity contribution in [1.82, 2.24) is 0 Å². The van der Waals surface area contributed by atoms with Crippen LogP contribution >= 0.6 is 11.3 Å². The van der Waals surface area contributed by atoms with Gasteiger partial charge in [0.25, 0.3) is 0 Å². The van der Waals surface area contributed by atoms with E-state index in [9.17, 15) is 4.79 Å². The lowest BCUT2D eigenvalue weighted by molar-refractivity contribution is 0.0598. The van der Waals surface area contributed by atoms with Gasteiger partial charge in [0.05, 0.1) is 14.2 Å². The van der Waals surface area contributed by atoms with Crippen molar-refractivity contribution in [2.24, 2.45) is 0 Å². The topological polar surface area (TPSA) is 35.5 Å². The number of methoxy groups -OCH3 is 2. The van der Waals surface area contributed by atoms with Gasteiger partial charge in [-0.25, -0.2) is 4.79 Å². The summed E-state index contributed by atoms with van der Waals surface area (Å²) >= 11 is 1.25. The molecule has 0 unspecified atom stereocenters. The summed E-state index contributed by atoms with van der Waals surface area (Å²) in [5.74, 6) is -0.389. The second-order valence-electron chi connectivity index (χ2n) is 1.76. The lowest BCUT2D eigenvalue weighted by atomic mass is 10.3. The normalized spacial score (nSPS) is 9.27. The Hall–Kier alpha value is -1.03. The van der Waals surface area contributed by atoms with Crippen LogP contribution in [0.2, 0.25) is 0 Å². The molecule has 11 heavy (non-hydrogen) atoms. The number of esters is 1. The maximum atomic E-state index is 10.9. The molecule has 4 heteroatoms. The fourth-order valence-corrected chi connectivity index (χ4v) is 1.28. The summed E-state index contributed by atoms with van der Waals surface area (Å²) in [6, 6.07) is 1.55. The quantitative estimate of drug-likeness (QED) is 0.630. The van der Waals surface area contributed by atoms with Gasteiger partial charge in [-0.05, 0) is 6.07 Å². The lowest BCUT2D eigenvalue weighted by Crippen LogP contribution is -2.00. The van der Waals surface area contributed by atoms with E-state index in [4.69, 9.17) is 4.74 Å². The SMILES string of the molecule is COC(=O)c1c[c]sc1OC. The highest BCUT2D eigenvalue weighted by Crippen LogP contribution is 2.25. The van der Waals surface area contributed by atoms with Crippen molar-refractivity contribution < 1.29 is 14.3 Å². The van der Waals surface area contributed by atoms with Gasteiger partial charge in [0.1, 0.15) is 5.56 Å². The Morgan fingerprint density at radius 1 is 1.64 bits per heavy atom. The van der Waals surface area contributed by atoms with E-state index in [2.05, 4.69) is 10.1 Å². The van der Waals surface area contributed by atoms with E-state index in [-0.39, 0.29) is 5.97 Å². The van der Waals surface area contributed by atoms with Crippen molar-refractivity contribution in [3.05, 3.63) is 17.0 Å². The maximum absolute atomic E-state index is 10.9. The van der Waals surface area contributed by atoms with Crippen molar-refractivity contribution >= 4 is 17.3 Å². The maximum Gasteiger partial charge on any atom is 0.342 e. The minimum Gasteiger partial charge on any atom is -0.487 e. The fraction of sp³-hybridized carbons (Fsp3) is 0.286. The zero-order valence-corrected chi connectivity index (χ0v) is 7.03. The number of rotatable bonds is 2. The number of thiophene rings is 1. The Morgan fingerprint density at radius 2 is 2.36 bits per heavy atom. The summed E-state index contributed by atoms with van der Waals surface area (Å²) in [6.45, 7) is 0. The molecule has 0 fully saturated rings. The van der Waals surface area contributed by atoms with Crippen LogP contribution in [0.1, 0.15) is 10.4 Å². The molecule has 3 nitrogen and oxygen atoms in total. The highest BCUT2D eigenvalue weighted by molar-refractivity contribution is 7.11. The minimum atomic E-state index is -0.389. The van der Waals surface area contributed by atoms with Crippen LogP contribution in [-0.2, 0) is 4.74 Å². The molecule has 0 N–H and O–H groups in total. The molecule has 0 aromatic carbocycles. The second-order valence-corrected chi connectivity index (χ2v) is 2.57. The third-order valence-electron chi connectivity index (χ3n) is 1.17. The van der Waals surface area contributed by atoms with Gasteiger partial charge >= 0.3 is 5.97 Å². The fourth-order valence-electron chi connectivity index (χ4n) is 0.660. The molecule has 0 saturated carbocycles. The zero-order valence-electron chi connectivity index (χ0n) is 6.21. The molecule has 0 spiro atoms. The zero-order chi connectivity index (χ0) is 8.27. The molecule has 59 valence electrons. The lowest BCUT2D eigenvalue weighted by Gasteiger charge is -1.98. The summed E-state index contributed by atoms with van der Waals surface area (Å²) < 4.78 is 9.40. The Kier molecular flexibility index (Phi) is 2.48. The number of ether oxygens (including phenoxy) is 2. The van der Waals surface area contributed by atoms with Crippen molar-refractivity contribution in [1.29, 1.82) is 0 Å². The van der Waals surface area contributed by atoms with Crippen LogP contribution in [0.4, 0.5) is 0 Å². The largest absolute Gasteiger partial charge is 0.487 e. The summed E-state index contributed by atoms with van der Waals surface area (Å²) in [5.41, 5.74) is 0.431. The highest BCUT2D eigenvalue weighted by atomic mass is 32.1. The van der Waals surface area contributed by atoms with E-state index >= 15 is 0 Å². The second kappa shape index (κ2) is 3.39. The molecular weight excluding hydrogens is 164 g/mol. The van der Waals surface area contributed by atoms with Gasteiger partial charge in [0.2, 0.25) is 0 Å². The van der Waals surface area contributed by atoms with Gasteiger partial charge in [-0.1, -0.05) is 11.3 Å². The third kappa shape index (κ3) is 1.51. The number of carbonyl (C=O) groups is 1. The molecule has 0 aliphatic rings. The molecule has 1 radical (unpaired) electrons. The molecule has 1 rings (SSSR count). The van der Waals surface area contributed by atoms with E-state index < -0.39 is 0 Å². The summed E-state index contributed by atoms with van der Waals surface area (Å²) in [5, 5.41) is 3.32. The van der Waals surface area contributed by atoms with E-state index in [1.807, 2.05) is 0 Å². The van der Waals surface area contributed by atoms with Gasteiger partial charge in [-0.2, -0.15) is 0 Å². The Morgan fingerprint density at radius 3 is 2.91 bits per heavy atom. The molecule has 0 aliphatic heterocycles. The molecule has 0 saturated heterocycles. The van der Waals surface area contributed by atoms with E-state index in [1.165, 1.54) is 25.6 Å². The van der Waals surface area contributed by atoms with Crippen LogP contribution < -0.4 is 4.74 Å². The number of hydrogen-bond acceptors (Lipinski definition) is 4. The minimum absolute atomic E-state index is 0.389. The van der Waals surface area contributed by atoms with Crippen molar-refractivity contribution in [3.63, 3.8) is 0 Å². The first kappa shape index (κ1) is 8.07. The van der Waals surface area contributed by atoms with Crippen LogP contribution in [0, 0.1) is 5.38 Å². The molecule has 1 heterocycles. The van der Waals surface area contributed by atoms with Gasteiger partial charge in [0, 0.05) is 5.38 Å². The third-order valence-corrected chi connectivity index (χ3v) is 1.97. The van der Waals surface area contributed by atoms with Crippen LogP contribution in [-0.4, -0.2) is 20.2 Å². The average Bonchev–Trinajstić information content (AvgIpc) is 2.50. The van der Waals surface area contributed by atoms with Gasteiger partial charge in [0.15, 0.2) is 5.06 Å². The first-order valence-electron chi connectivity index (χ1n) is 2.91. The number of carbonyl (C=O) groups excluding carboxylic acids is 1. The van der Waals surface area contributed by atoms with Crippen molar-refractivity contribution in [3.8, 4) is 5.06 Å². The Balaban J connectivity index is 2.92.